The van der Waals surface area contributed by atoms with E-state index in [1.54, 1.807) is 47.4 Å². The van der Waals surface area contributed by atoms with Crippen LogP contribution in [0.5, 0.6) is 11.8 Å². The number of rotatable bonds is 9. The molecular weight excluding hydrogens is 1200 g/mol. The quantitative estimate of drug-likeness (QED) is 0.0845. The molecule has 6 aromatic heterocycles. The number of nitrogens with zero attached hydrogens (tertiary/aromatic N) is 11. The second-order valence-electron chi connectivity index (χ2n) is 27.5. The number of carbonyl (C=O) groups excluding carboxylic acids is 2. The monoisotopic (exact) mass is 1270 g/mol. The van der Waals surface area contributed by atoms with Crippen LogP contribution in [0.15, 0.2) is 83.4 Å². The highest BCUT2D eigenvalue weighted by atomic mass is 35.5. The first-order valence-electron chi connectivity index (χ1n) is 31.5. The van der Waals surface area contributed by atoms with Crippen molar-refractivity contribution in [3.8, 4) is 17.7 Å². The SMILES string of the molecule is CC1(C)C[C@@H]2CCCNc3cccc(n3)S(=O)(=O)NC(=O)c3cnc(-n4ccc(OCCC5C6(CC6)C56CC6)n4)nc3N1C2.CC1(C)C[C@@H]2CCCNc3cccc(n3)S(=O)(=O)NC(=O)c3cnc(Cl)nc3N1C2.c1cc(OCCC2C3(CC3)C23CC3)[nH]n1. The summed E-state index contributed by atoms with van der Waals surface area (Å²) in [6.45, 7) is 12.6. The summed E-state index contributed by atoms with van der Waals surface area (Å²) >= 11 is 6.03. The number of sulfonamides is 2. The van der Waals surface area contributed by atoms with Crippen LogP contribution in [0.4, 0.5) is 23.3 Å². The van der Waals surface area contributed by atoms with E-state index in [0.717, 1.165) is 80.1 Å². The van der Waals surface area contributed by atoms with E-state index >= 15 is 0 Å². The maximum Gasteiger partial charge on any atom is 0.281 e. The van der Waals surface area contributed by atoms with Gasteiger partial charge < -0.3 is 29.9 Å². The lowest BCUT2D eigenvalue weighted by molar-refractivity contribution is 0.0971. The van der Waals surface area contributed by atoms with E-state index in [4.69, 9.17) is 26.1 Å². The molecule has 0 radical (unpaired) electrons. The van der Waals surface area contributed by atoms with Gasteiger partial charge in [-0.05, 0) is 212 Å². The number of halogens is 1. The molecule has 8 bridgehead atoms. The molecule has 8 fully saturated rings. The fourth-order valence-corrected chi connectivity index (χ4v) is 18.6. The summed E-state index contributed by atoms with van der Waals surface area (Å²) in [5.41, 5.74) is 2.50. The van der Waals surface area contributed by atoms with Gasteiger partial charge in [0.25, 0.3) is 37.8 Å². The molecule has 10 aliphatic rings. The number of carbonyl (C=O) groups is 2. The molecule has 2 saturated heterocycles. The number of H-pyrrole nitrogens is 1. The van der Waals surface area contributed by atoms with E-state index in [1.807, 2.05) is 11.0 Å². The molecule has 5 N–H and O–H groups in total. The van der Waals surface area contributed by atoms with Crippen LogP contribution >= 0.6 is 11.6 Å². The van der Waals surface area contributed by atoms with Gasteiger partial charge in [-0.25, -0.2) is 39.2 Å². The molecule has 16 rings (SSSR count). The Labute approximate surface area is 523 Å². The van der Waals surface area contributed by atoms with Crippen LogP contribution in [0.2, 0.25) is 5.28 Å². The third-order valence-corrected chi connectivity index (χ3v) is 23.9. The van der Waals surface area contributed by atoms with Gasteiger partial charge in [0.2, 0.25) is 17.0 Å². The second-order valence-corrected chi connectivity index (χ2v) is 31.1. The molecule has 0 aromatic carbocycles. The van der Waals surface area contributed by atoms with Crippen molar-refractivity contribution in [2.45, 2.75) is 152 Å². The van der Waals surface area contributed by atoms with Gasteiger partial charge >= 0.3 is 0 Å². The molecule has 89 heavy (non-hydrogen) atoms. The van der Waals surface area contributed by atoms with Gasteiger partial charge in [0.05, 0.1) is 19.4 Å². The zero-order chi connectivity index (χ0) is 61.8. The molecule has 27 heteroatoms. The Hall–Kier alpha value is -7.19. The van der Waals surface area contributed by atoms with Crippen molar-refractivity contribution in [3.63, 3.8) is 0 Å². The van der Waals surface area contributed by atoms with Gasteiger partial charge in [-0.15, -0.1) is 5.10 Å². The van der Waals surface area contributed by atoms with E-state index in [9.17, 15) is 26.4 Å². The molecule has 4 aliphatic heterocycles. The summed E-state index contributed by atoms with van der Waals surface area (Å²) in [5.74, 6) is 4.15. The van der Waals surface area contributed by atoms with Crippen LogP contribution in [0.3, 0.4) is 0 Å². The minimum absolute atomic E-state index is 0.000131. The number of aromatic nitrogens is 10. The number of ether oxygens (including phenoxy) is 2. The molecule has 24 nitrogen and oxygen atoms in total. The van der Waals surface area contributed by atoms with Gasteiger partial charge in [0.1, 0.15) is 34.4 Å². The Balaban J connectivity index is 0.000000132. The van der Waals surface area contributed by atoms with Crippen molar-refractivity contribution in [1.29, 1.82) is 0 Å². The van der Waals surface area contributed by atoms with Crippen molar-refractivity contribution in [3.05, 3.63) is 89.7 Å². The number of amides is 2. The first-order chi connectivity index (χ1) is 42.6. The first kappa shape index (κ1) is 59.4. The van der Waals surface area contributed by atoms with E-state index < -0.39 is 31.9 Å². The normalized spacial score (nSPS) is 25.0. The van der Waals surface area contributed by atoms with E-state index in [-0.39, 0.29) is 43.5 Å². The highest BCUT2D eigenvalue weighted by Crippen LogP contribution is 2.94. The van der Waals surface area contributed by atoms with Gasteiger partial charge in [-0.2, -0.15) is 31.9 Å². The lowest BCUT2D eigenvalue weighted by Gasteiger charge is -2.33. The molecular formula is C62H77ClN16O8S2. The van der Waals surface area contributed by atoms with Crippen LogP contribution in [0.1, 0.15) is 151 Å². The van der Waals surface area contributed by atoms with Crippen molar-refractivity contribution in [1.82, 2.24) is 59.3 Å². The summed E-state index contributed by atoms with van der Waals surface area (Å²) in [5, 5.41) is 17.2. The minimum atomic E-state index is -4.25. The minimum Gasteiger partial charge on any atom is -0.478 e. The van der Waals surface area contributed by atoms with Crippen LogP contribution < -0.4 is 39.4 Å². The van der Waals surface area contributed by atoms with Gasteiger partial charge in [0.15, 0.2) is 10.1 Å². The number of hydrogen-bond donors (Lipinski definition) is 5. The average molecular weight is 1270 g/mol. The highest BCUT2D eigenvalue weighted by Gasteiger charge is 2.86. The van der Waals surface area contributed by atoms with Crippen LogP contribution in [0, 0.1) is 45.3 Å². The number of nitrogens with one attached hydrogen (secondary N) is 5. The summed E-state index contributed by atoms with van der Waals surface area (Å²) in [7, 11) is -8.43. The first-order valence-corrected chi connectivity index (χ1v) is 34.8. The molecule has 6 saturated carbocycles. The van der Waals surface area contributed by atoms with Crippen LogP contribution in [0.25, 0.3) is 5.95 Å². The molecule has 10 heterocycles. The molecule has 2 amide bonds. The van der Waals surface area contributed by atoms with Crippen molar-refractivity contribution >= 4 is 66.7 Å². The lowest BCUT2D eigenvalue weighted by atomic mass is 9.93. The Bertz CT molecular complexity index is 3910. The molecule has 0 unspecified atom stereocenters. The van der Waals surface area contributed by atoms with Crippen molar-refractivity contribution in [2.24, 2.45) is 45.3 Å². The zero-order valence-electron chi connectivity index (χ0n) is 50.7. The zero-order valence-corrected chi connectivity index (χ0v) is 53.1. The van der Waals surface area contributed by atoms with Crippen LogP contribution in [-0.2, 0) is 20.0 Å². The highest BCUT2D eigenvalue weighted by molar-refractivity contribution is 7.90. The maximum atomic E-state index is 13.6. The van der Waals surface area contributed by atoms with Crippen molar-refractivity contribution < 1.29 is 35.9 Å². The Kier molecular flexibility index (Phi) is 14.7. The summed E-state index contributed by atoms with van der Waals surface area (Å²) in [4.78, 5) is 56.5. The summed E-state index contributed by atoms with van der Waals surface area (Å²) < 4.78 is 69.4. The predicted molar refractivity (Wildman–Crippen MR) is 331 cm³/mol. The van der Waals surface area contributed by atoms with Gasteiger partial charge in [-0.1, -0.05) is 12.1 Å². The number of aromatic amines is 1. The van der Waals surface area contributed by atoms with Crippen molar-refractivity contribution in [2.75, 3.05) is 59.8 Å². The van der Waals surface area contributed by atoms with Crippen LogP contribution in [-0.4, -0.2) is 129 Å². The summed E-state index contributed by atoms with van der Waals surface area (Å²) in [6, 6.07) is 13.0. The van der Waals surface area contributed by atoms with E-state index in [1.165, 1.54) is 82.3 Å². The molecule has 472 valence electrons. The van der Waals surface area contributed by atoms with Gasteiger partial charge in [0, 0.05) is 68.0 Å². The smallest absolute Gasteiger partial charge is 0.281 e. The molecule has 4 spiro atoms. The number of fused-ring (bicyclic) bond motifs is 14. The fraction of sp³-hybridized carbons (Fsp3) is 0.581. The van der Waals surface area contributed by atoms with E-state index in [0.29, 0.717) is 84.6 Å². The molecule has 6 aliphatic carbocycles. The Morgan fingerprint density at radius 3 is 1.61 bits per heavy atom. The number of pyridine rings is 2. The largest absolute Gasteiger partial charge is 0.478 e. The average Bonchev–Trinajstić information content (AvgIpc) is 1.46. The molecule has 6 aromatic rings. The summed E-state index contributed by atoms with van der Waals surface area (Å²) in [6.07, 6.45) is 25.6. The number of anilines is 4. The Morgan fingerprint density at radius 1 is 0.618 bits per heavy atom. The van der Waals surface area contributed by atoms with Gasteiger partial charge in [-0.3, -0.25) is 9.59 Å². The lowest BCUT2D eigenvalue weighted by Crippen LogP contribution is -2.41. The third kappa shape index (κ3) is 11.3. The standard InChI is InChI=1S/C31H38N8O4S.C19H23ClN6O3S.C12H16N2O/c1-29(2)17-20-5-4-14-32-23-6-3-7-25(34-23)44(41,42)37-27(40)21-18-33-28(35-26(21)38(29)19-20)39-15-8-24(36-39)43-16-9-22-30(10-11-30)31(22)12-13-31;1-19(2)9-12-5-4-8-21-14-6-3-7-15(23-14)30(28,29)25-17(27)13-10-22-18(20)24-16(13)26(19)11-12;1-7-13-14-10(1)15-8-2-9-11(3-4-11)12(9)5-6-12/h3,6-8,15,18,20,22H,4-5,9-14,16-17,19H2,1-2H3,(H,32,34)(H,37,40);3,6-7,10,12H,4-5,8-9,11H2,1-2H3,(H,21,23)(H,25,27);1,7,9H,2-6,8H2,(H,13,14)/t20-;12-;/m00./s1. The predicted octanol–water partition coefficient (Wildman–Crippen LogP) is 8.77. The fourth-order valence-electron chi connectivity index (χ4n) is 16.6. The number of hydrogen-bond acceptors (Lipinski definition) is 20. The maximum absolute atomic E-state index is 13.6. The van der Waals surface area contributed by atoms with E-state index in [2.05, 4.69) is 92.9 Å². The third-order valence-electron chi connectivity index (χ3n) is 21.3. The topological polar surface area (TPSA) is 299 Å². The second kappa shape index (κ2) is 22.0. The molecule has 2 atom stereocenters. The Morgan fingerprint density at radius 2 is 1.11 bits per heavy atom.